The average molecular weight is 302 g/mol. The number of nitrogens with two attached hydrogens (primary N) is 1. The number of hydrogen-bond acceptors (Lipinski definition) is 3. The highest BCUT2D eigenvalue weighted by Crippen LogP contribution is 2.24. The van der Waals surface area contributed by atoms with Crippen molar-refractivity contribution in [2.75, 3.05) is 6.54 Å². The van der Waals surface area contributed by atoms with E-state index in [1.54, 1.807) is 6.07 Å². The van der Waals surface area contributed by atoms with Crippen molar-refractivity contribution in [3.63, 3.8) is 0 Å². The third-order valence-corrected chi connectivity index (χ3v) is 3.19. The summed E-state index contributed by atoms with van der Waals surface area (Å²) in [5, 5.41) is 2.85. The summed E-state index contributed by atoms with van der Waals surface area (Å²) in [7, 11) is 0. The maximum Gasteiger partial charge on any atom is 0.573 e. The van der Waals surface area contributed by atoms with Crippen molar-refractivity contribution in [2.24, 2.45) is 11.7 Å². The average Bonchev–Trinajstić information content (AvgIpc) is 3.18. The molecule has 1 aromatic rings. The number of ether oxygens (including phenoxy) is 1. The molecule has 0 saturated heterocycles. The first kappa shape index (κ1) is 15.6. The molecule has 0 aromatic heterocycles. The van der Waals surface area contributed by atoms with Gasteiger partial charge in [-0.1, -0.05) is 12.1 Å². The van der Waals surface area contributed by atoms with Crippen LogP contribution in [0.3, 0.4) is 0 Å². The lowest BCUT2D eigenvalue weighted by Gasteiger charge is -2.15. The van der Waals surface area contributed by atoms with Gasteiger partial charge in [0.1, 0.15) is 5.75 Å². The van der Waals surface area contributed by atoms with Gasteiger partial charge < -0.3 is 15.8 Å². The molecule has 21 heavy (non-hydrogen) atoms. The van der Waals surface area contributed by atoms with E-state index in [0.29, 0.717) is 5.56 Å². The summed E-state index contributed by atoms with van der Waals surface area (Å²) in [5.41, 5.74) is 6.17. The standard InChI is InChI=1S/C14H17F3N2O2/c15-14(16,17)21-12-3-1-2-9(7-12)6-10(8-18)13(20)19-11-4-5-11/h1-3,7,10-11H,4-6,8,18H2,(H,19,20). The molecule has 0 aliphatic heterocycles. The van der Waals surface area contributed by atoms with Gasteiger partial charge in [-0.3, -0.25) is 4.79 Å². The first-order chi connectivity index (χ1) is 9.87. The smallest absolute Gasteiger partial charge is 0.406 e. The highest BCUT2D eigenvalue weighted by Gasteiger charge is 2.31. The van der Waals surface area contributed by atoms with Crippen LogP contribution in [0.1, 0.15) is 18.4 Å². The molecule has 1 aliphatic rings. The normalized spacial score (nSPS) is 16.4. The molecule has 116 valence electrons. The Morgan fingerprint density at radius 2 is 2.14 bits per heavy atom. The molecule has 1 aliphatic carbocycles. The fraction of sp³-hybridized carbons (Fsp3) is 0.500. The predicted octanol–water partition coefficient (Wildman–Crippen LogP) is 1.98. The minimum Gasteiger partial charge on any atom is -0.406 e. The van der Waals surface area contributed by atoms with Gasteiger partial charge in [-0.15, -0.1) is 13.2 Å². The van der Waals surface area contributed by atoms with E-state index in [9.17, 15) is 18.0 Å². The number of benzene rings is 1. The van der Waals surface area contributed by atoms with Crippen LogP contribution in [0.5, 0.6) is 5.75 Å². The molecule has 1 aromatic carbocycles. The lowest BCUT2D eigenvalue weighted by atomic mass is 9.98. The van der Waals surface area contributed by atoms with E-state index in [2.05, 4.69) is 10.1 Å². The van der Waals surface area contributed by atoms with Gasteiger partial charge >= 0.3 is 6.36 Å². The Morgan fingerprint density at radius 1 is 1.43 bits per heavy atom. The molecular formula is C14H17F3N2O2. The lowest BCUT2D eigenvalue weighted by molar-refractivity contribution is -0.274. The van der Waals surface area contributed by atoms with Gasteiger partial charge in [-0.25, -0.2) is 0 Å². The molecule has 1 saturated carbocycles. The van der Waals surface area contributed by atoms with Crippen LogP contribution in [-0.4, -0.2) is 24.9 Å². The molecule has 2 rings (SSSR count). The predicted molar refractivity (Wildman–Crippen MR) is 70.5 cm³/mol. The topological polar surface area (TPSA) is 64.3 Å². The van der Waals surface area contributed by atoms with Crippen LogP contribution in [0, 0.1) is 5.92 Å². The van der Waals surface area contributed by atoms with Crippen LogP contribution in [0.4, 0.5) is 13.2 Å². The van der Waals surface area contributed by atoms with Gasteiger partial charge in [0, 0.05) is 12.6 Å². The number of amides is 1. The zero-order chi connectivity index (χ0) is 15.5. The van der Waals surface area contributed by atoms with E-state index in [-0.39, 0.29) is 30.7 Å². The molecule has 4 nitrogen and oxygen atoms in total. The summed E-state index contributed by atoms with van der Waals surface area (Å²) >= 11 is 0. The number of halogens is 3. The zero-order valence-electron chi connectivity index (χ0n) is 11.3. The van der Waals surface area contributed by atoms with Crippen molar-refractivity contribution in [3.8, 4) is 5.75 Å². The Hall–Kier alpha value is -1.76. The Kier molecular flexibility index (Phi) is 4.72. The first-order valence-electron chi connectivity index (χ1n) is 6.72. The molecule has 1 fully saturated rings. The van der Waals surface area contributed by atoms with Crippen LogP contribution >= 0.6 is 0 Å². The van der Waals surface area contributed by atoms with Crippen molar-refractivity contribution in [3.05, 3.63) is 29.8 Å². The minimum absolute atomic E-state index is 0.142. The molecule has 1 unspecified atom stereocenters. The quantitative estimate of drug-likeness (QED) is 0.844. The van der Waals surface area contributed by atoms with Crippen LogP contribution in [0.15, 0.2) is 24.3 Å². The van der Waals surface area contributed by atoms with E-state index in [0.717, 1.165) is 12.8 Å². The molecule has 0 radical (unpaired) electrons. The molecule has 0 bridgehead atoms. The monoisotopic (exact) mass is 302 g/mol. The van der Waals surface area contributed by atoms with Crippen LogP contribution < -0.4 is 15.8 Å². The second-order valence-electron chi connectivity index (χ2n) is 5.11. The number of hydrogen-bond donors (Lipinski definition) is 2. The SMILES string of the molecule is NCC(Cc1cccc(OC(F)(F)F)c1)C(=O)NC1CC1. The molecule has 3 N–H and O–H groups in total. The van der Waals surface area contributed by atoms with Gasteiger partial charge in [0.25, 0.3) is 0 Å². The van der Waals surface area contributed by atoms with Crippen molar-refractivity contribution < 1.29 is 22.7 Å². The van der Waals surface area contributed by atoms with E-state index < -0.39 is 12.3 Å². The summed E-state index contributed by atoms with van der Waals surface area (Å²) in [6.45, 7) is 0.142. The number of carbonyl (C=O) groups excluding carboxylic acids is 1. The number of nitrogens with one attached hydrogen (secondary N) is 1. The minimum atomic E-state index is -4.73. The van der Waals surface area contributed by atoms with Gasteiger partial charge in [0.15, 0.2) is 0 Å². The lowest BCUT2D eigenvalue weighted by Crippen LogP contribution is -2.37. The Labute approximate surface area is 120 Å². The summed E-state index contributed by atoms with van der Waals surface area (Å²) in [4.78, 5) is 11.9. The Balaban J connectivity index is 1.99. The fourth-order valence-corrected chi connectivity index (χ4v) is 1.98. The number of rotatable bonds is 6. The summed E-state index contributed by atoms with van der Waals surface area (Å²) < 4.78 is 40.4. The van der Waals surface area contributed by atoms with E-state index in [4.69, 9.17) is 5.73 Å². The summed E-state index contributed by atoms with van der Waals surface area (Å²) in [6, 6.07) is 5.84. The van der Waals surface area contributed by atoms with Gasteiger partial charge in [0.2, 0.25) is 5.91 Å². The summed E-state index contributed by atoms with van der Waals surface area (Å²) in [6.07, 6.45) is -2.50. The maximum absolute atomic E-state index is 12.2. The second kappa shape index (κ2) is 6.34. The molecule has 1 amide bonds. The summed E-state index contributed by atoms with van der Waals surface area (Å²) in [5.74, 6) is -0.896. The maximum atomic E-state index is 12.2. The number of carbonyl (C=O) groups is 1. The third-order valence-electron chi connectivity index (χ3n) is 3.19. The number of alkyl halides is 3. The molecule has 7 heteroatoms. The molecule has 0 heterocycles. The fourth-order valence-electron chi connectivity index (χ4n) is 1.98. The second-order valence-corrected chi connectivity index (χ2v) is 5.11. The molecule has 1 atom stereocenters. The van der Waals surface area contributed by atoms with Crippen molar-refractivity contribution >= 4 is 5.91 Å². The zero-order valence-corrected chi connectivity index (χ0v) is 11.3. The Morgan fingerprint density at radius 3 is 2.71 bits per heavy atom. The van der Waals surface area contributed by atoms with E-state index >= 15 is 0 Å². The van der Waals surface area contributed by atoms with Crippen molar-refractivity contribution in [1.29, 1.82) is 0 Å². The highest BCUT2D eigenvalue weighted by atomic mass is 19.4. The van der Waals surface area contributed by atoms with Crippen molar-refractivity contribution in [2.45, 2.75) is 31.7 Å². The van der Waals surface area contributed by atoms with E-state index in [1.807, 2.05) is 0 Å². The first-order valence-corrected chi connectivity index (χ1v) is 6.72. The van der Waals surface area contributed by atoms with Crippen LogP contribution in [-0.2, 0) is 11.2 Å². The van der Waals surface area contributed by atoms with Gasteiger partial charge in [0.05, 0.1) is 5.92 Å². The van der Waals surface area contributed by atoms with Gasteiger partial charge in [-0.2, -0.15) is 0 Å². The highest BCUT2D eigenvalue weighted by molar-refractivity contribution is 5.79. The Bertz CT molecular complexity index is 501. The van der Waals surface area contributed by atoms with Crippen molar-refractivity contribution in [1.82, 2.24) is 5.32 Å². The van der Waals surface area contributed by atoms with Crippen LogP contribution in [0.2, 0.25) is 0 Å². The largest absolute Gasteiger partial charge is 0.573 e. The van der Waals surface area contributed by atoms with E-state index in [1.165, 1.54) is 18.2 Å². The third kappa shape index (κ3) is 5.26. The molecule has 0 spiro atoms. The van der Waals surface area contributed by atoms with Gasteiger partial charge in [-0.05, 0) is 37.0 Å². The molecular weight excluding hydrogens is 285 g/mol. The van der Waals surface area contributed by atoms with Crippen LogP contribution in [0.25, 0.3) is 0 Å².